The summed E-state index contributed by atoms with van der Waals surface area (Å²) in [5, 5.41) is 0. The monoisotopic (exact) mass is 498 g/mol. The largest absolute Gasteiger partial charge is 0.418 e. The summed E-state index contributed by atoms with van der Waals surface area (Å²) >= 11 is 2.10. The fourth-order valence-electron chi connectivity index (χ4n) is 2.89. The maximum atomic E-state index is 13.5. The van der Waals surface area contributed by atoms with Crippen LogP contribution in [0.25, 0.3) is 0 Å². The standard InChI is InChI=1S/C20H14F3IN2O2/c21-20(22,23)16-2-1-9-25-19(16)15(12-3-6-14(24)7-4-12)10-17(27)13-5-8-18(28)26-11-13/h1-9,11,15H,10H2,(H,26,28)/t15-/m0/s1. The number of rotatable bonds is 5. The molecule has 1 atom stereocenters. The number of nitrogens with one attached hydrogen (secondary N) is 1. The van der Waals surface area contributed by atoms with Gasteiger partial charge in [-0.25, -0.2) is 0 Å². The van der Waals surface area contributed by atoms with Gasteiger partial charge in [-0.15, -0.1) is 0 Å². The number of carbonyl (C=O) groups excluding carboxylic acids is 1. The van der Waals surface area contributed by atoms with E-state index in [0.29, 0.717) is 5.56 Å². The van der Waals surface area contributed by atoms with Crippen molar-refractivity contribution >= 4 is 28.4 Å². The van der Waals surface area contributed by atoms with Crippen molar-refractivity contribution in [1.29, 1.82) is 0 Å². The first kappa shape index (κ1) is 20.2. The lowest BCUT2D eigenvalue weighted by atomic mass is 9.86. The summed E-state index contributed by atoms with van der Waals surface area (Å²) in [4.78, 5) is 30.3. The topological polar surface area (TPSA) is 62.8 Å². The molecule has 4 nitrogen and oxygen atoms in total. The van der Waals surface area contributed by atoms with Crippen molar-refractivity contribution in [1.82, 2.24) is 9.97 Å². The molecular weight excluding hydrogens is 484 g/mol. The van der Waals surface area contributed by atoms with Crippen molar-refractivity contribution < 1.29 is 18.0 Å². The highest BCUT2D eigenvalue weighted by molar-refractivity contribution is 14.1. The van der Waals surface area contributed by atoms with Crippen LogP contribution in [-0.2, 0) is 6.18 Å². The van der Waals surface area contributed by atoms with Crippen LogP contribution in [0.2, 0.25) is 0 Å². The van der Waals surface area contributed by atoms with Gasteiger partial charge in [0.2, 0.25) is 5.56 Å². The molecule has 2 heterocycles. The highest BCUT2D eigenvalue weighted by Gasteiger charge is 2.37. The number of hydrogen-bond donors (Lipinski definition) is 1. The second-order valence-corrected chi connectivity index (χ2v) is 7.35. The lowest BCUT2D eigenvalue weighted by molar-refractivity contribution is -0.138. The zero-order chi connectivity index (χ0) is 20.3. The third kappa shape index (κ3) is 4.67. The number of pyridine rings is 2. The number of alkyl halides is 3. The molecule has 0 saturated carbocycles. The molecule has 144 valence electrons. The lowest BCUT2D eigenvalue weighted by Gasteiger charge is -2.21. The molecule has 0 spiro atoms. The van der Waals surface area contributed by atoms with Crippen LogP contribution >= 0.6 is 22.6 Å². The Labute approximate surface area is 172 Å². The zero-order valence-electron chi connectivity index (χ0n) is 14.3. The van der Waals surface area contributed by atoms with Crippen LogP contribution in [0, 0.1) is 3.57 Å². The van der Waals surface area contributed by atoms with E-state index in [-0.39, 0.29) is 23.2 Å². The molecule has 3 aromatic rings. The predicted molar refractivity (Wildman–Crippen MR) is 106 cm³/mol. The van der Waals surface area contributed by atoms with E-state index in [4.69, 9.17) is 0 Å². The van der Waals surface area contributed by atoms with Crippen LogP contribution in [-0.4, -0.2) is 15.8 Å². The second-order valence-electron chi connectivity index (χ2n) is 6.11. The third-order valence-electron chi connectivity index (χ3n) is 4.24. The Morgan fingerprint density at radius 3 is 2.43 bits per heavy atom. The molecule has 8 heteroatoms. The first-order chi connectivity index (χ1) is 13.3. The number of halogens is 4. The van der Waals surface area contributed by atoms with Crippen LogP contribution in [0.1, 0.15) is 39.5 Å². The van der Waals surface area contributed by atoms with Crippen molar-refractivity contribution in [3.8, 4) is 0 Å². The smallest absolute Gasteiger partial charge is 0.328 e. The van der Waals surface area contributed by atoms with Gasteiger partial charge in [0.05, 0.1) is 11.3 Å². The Morgan fingerprint density at radius 2 is 1.82 bits per heavy atom. The maximum absolute atomic E-state index is 13.5. The molecule has 0 bridgehead atoms. The highest BCUT2D eigenvalue weighted by Crippen LogP contribution is 2.38. The molecule has 1 aromatic carbocycles. The molecule has 2 aromatic heterocycles. The molecule has 0 unspecified atom stereocenters. The Kier molecular flexibility index (Phi) is 5.97. The van der Waals surface area contributed by atoms with Crippen molar-refractivity contribution in [3.05, 3.63) is 97.2 Å². The molecule has 0 aliphatic rings. The number of nitrogens with zero attached hydrogens (tertiary/aromatic N) is 1. The van der Waals surface area contributed by atoms with Gasteiger partial charge in [0.15, 0.2) is 5.78 Å². The average molecular weight is 498 g/mol. The van der Waals surface area contributed by atoms with Gasteiger partial charge in [-0.05, 0) is 58.5 Å². The Hall–Kier alpha value is -2.49. The Bertz CT molecular complexity index is 1030. The van der Waals surface area contributed by atoms with Crippen LogP contribution in [0.5, 0.6) is 0 Å². The van der Waals surface area contributed by atoms with E-state index >= 15 is 0 Å². The molecule has 28 heavy (non-hydrogen) atoms. The minimum atomic E-state index is -4.59. The molecule has 0 radical (unpaired) electrons. The van der Waals surface area contributed by atoms with Crippen molar-refractivity contribution in [2.45, 2.75) is 18.5 Å². The minimum absolute atomic E-state index is 0.200. The molecule has 1 N–H and O–H groups in total. The summed E-state index contributed by atoms with van der Waals surface area (Å²) in [6, 6.07) is 11.7. The summed E-state index contributed by atoms with van der Waals surface area (Å²) in [6.45, 7) is 0. The van der Waals surface area contributed by atoms with Gasteiger partial charge in [0, 0.05) is 39.9 Å². The number of hydrogen-bond acceptors (Lipinski definition) is 3. The molecule has 3 rings (SSSR count). The van der Waals surface area contributed by atoms with E-state index in [1.807, 2.05) is 0 Å². The Morgan fingerprint density at radius 1 is 1.11 bits per heavy atom. The summed E-state index contributed by atoms with van der Waals surface area (Å²) in [5.41, 5.74) is -0.654. The van der Waals surface area contributed by atoms with Crippen LogP contribution in [0.4, 0.5) is 13.2 Å². The van der Waals surface area contributed by atoms with Crippen LogP contribution in [0.3, 0.4) is 0 Å². The van der Waals surface area contributed by atoms with Crippen LogP contribution in [0.15, 0.2) is 65.7 Å². The number of H-pyrrole nitrogens is 1. The number of aromatic nitrogens is 2. The lowest BCUT2D eigenvalue weighted by Crippen LogP contribution is -2.17. The quantitative estimate of drug-likeness (QED) is 0.406. The number of Topliss-reactive ketones (excluding diaryl/α,β-unsaturated/α-hetero) is 1. The van der Waals surface area contributed by atoms with E-state index in [0.717, 1.165) is 9.64 Å². The van der Waals surface area contributed by atoms with Gasteiger partial charge in [-0.1, -0.05) is 12.1 Å². The molecule has 0 amide bonds. The SMILES string of the molecule is O=C(C[C@@H](c1ccc(I)cc1)c1ncccc1C(F)(F)F)c1ccc(=O)[nH]c1. The van der Waals surface area contributed by atoms with Gasteiger partial charge in [0.25, 0.3) is 0 Å². The summed E-state index contributed by atoms with van der Waals surface area (Å²) in [7, 11) is 0. The van der Waals surface area contributed by atoms with Crippen molar-refractivity contribution in [2.75, 3.05) is 0 Å². The summed E-state index contributed by atoms with van der Waals surface area (Å²) in [5.74, 6) is -1.27. The summed E-state index contributed by atoms with van der Waals surface area (Å²) < 4.78 is 41.5. The predicted octanol–water partition coefficient (Wildman–Crippen LogP) is 4.80. The van der Waals surface area contributed by atoms with Gasteiger partial charge >= 0.3 is 6.18 Å². The van der Waals surface area contributed by atoms with Gasteiger partial charge in [-0.3, -0.25) is 14.6 Å². The number of ketones is 1. The highest BCUT2D eigenvalue weighted by atomic mass is 127. The average Bonchev–Trinajstić information content (AvgIpc) is 2.67. The summed E-state index contributed by atoms with van der Waals surface area (Å²) in [6.07, 6.45) is -2.26. The minimum Gasteiger partial charge on any atom is -0.328 e. The molecule has 0 fully saturated rings. The normalized spacial score (nSPS) is 12.6. The van der Waals surface area contributed by atoms with E-state index < -0.39 is 23.4 Å². The molecule has 0 saturated heterocycles. The first-order valence-electron chi connectivity index (χ1n) is 8.25. The van der Waals surface area contributed by atoms with E-state index in [2.05, 4.69) is 32.6 Å². The van der Waals surface area contributed by atoms with E-state index in [1.54, 1.807) is 24.3 Å². The fraction of sp³-hybridized carbons (Fsp3) is 0.150. The van der Waals surface area contributed by atoms with E-state index in [9.17, 15) is 22.8 Å². The Balaban J connectivity index is 2.06. The van der Waals surface area contributed by atoms with Crippen molar-refractivity contribution in [2.24, 2.45) is 0 Å². The van der Waals surface area contributed by atoms with Crippen molar-refractivity contribution in [3.63, 3.8) is 0 Å². The third-order valence-corrected chi connectivity index (χ3v) is 4.96. The van der Waals surface area contributed by atoms with Crippen LogP contribution < -0.4 is 5.56 Å². The van der Waals surface area contributed by atoms with Gasteiger partial charge in [0.1, 0.15) is 0 Å². The maximum Gasteiger partial charge on any atom is 0.418 e. The van der Waals surface area contributed by atoms with E-state index in [1.165, 1.54) is 30.6 Å². The molecule has 0 aliphatic carbocycles. The molecule has 0 aliphatic heterocycles. The van der Waals surface area contributed by atoms with Gasteiger partial charge < -0.3 is 4.98 Å². The molecular formula is C20H14F3IN2O2. The van der Waals surface area contributed by atoms with Gasteiger partial charge in [-0.2, -0.15) is 13.2 Å². The number of benzene rings is 1. The first-order valence-corrected chi connectivity index (χ1v) is 9.33. The zero-order valence-corrected chi connectivity index (χ0v) is 16.5. The fourth-order valence-corrected chi connectivity index (χ4v) is 3.25. The number of aromatic amines is 1. The second kappa shape index (κ2) is 8.26. The number of carbonyl (C=O) groups is 1.